The molecule has 21 heavy (non-hydrogen) atoms. The highest BCUT2D eigenvalue weighted by molar-refractivity contribution is 7.86. The SMILES string of the molecule is CN(C)S(=O)(=O)N1C[C@H]2C[C@@H](C1)[C@H](CO)N1CCCC[C@@H]21. The maximum Gasteiger partial charge on any atom is 0.281 e. The summed E-state index contributed by atoms with van der Waals surface area (Å²) in [6, 6.07) is 0.582. The van der Waals surface area contributed by atoms with Gasteiger partial charge in [0.1, 0.15) is 0 Å². The third-order valence-electron chi connectivity index (χ3n) is 5.56. The second kappa shape index (κ2) is 5.77. The molecule has 0 spiro atoms. The number of hydrogen-bond donors (Lipinski definition) is 1. The molecule has 3 rings (SSSR count). The van der Waals surface area contributed by atoms with Crippen molar-refractivity contribution >= 4 is 10.2 Å². The first kappa shape index (κ1) is 15.7. The van der Waals surface area contributed by atoms with E-state index < -0.39 is 10.2 Å². The standard InChI is InChI=1S/C14H27N3O3S/c1-15(2)21(19,20)16-8-11-7-12(9-16)14(10-18)17-6-4-3-5-13(11)17/h11-14,18H,3-10H2,1-2H3/t11-,12+,13+,14+/m1/s1. The number of fused-ring (bicyclic) bond motifs is 4. The van der Waals surface area contributed by atoms with Crippen LogP contribution >= 0.6 is 0 Å². The van der Waals surface area contributed by atoms with Gasteiger partial charge in [0.15, 0.2) is 0 Å². The molecule has 0 radical (unpaired) electrons. The number of aliphatic hydroxyl groups excluding tert-OH is 1. The Hall–Kier alpha value is -0.210. The smallest absolute Gasteiger partial charge is 0.281 e. The molecule has 0 aromatic rings. The van der Waals surface area contributed by atoms with E-state index in [1.165, 1.54) is 17.1 Å². The maximum atomic E-state index is 12.4. The molecule has 3 fully saturated rings. The summed E-state index contributed by atoms with van der Waals surface area (Å²) < 4.78 is 27.8. The molecule has 2 bridgehead atoms. The Balaban J connectivity index is 1.86. The second-order valence-electron chi connectivity index (χ2n) is 6.91. The quantitative estimate of drug-likeness (QED) is 0.793. The summed E-state index contributed by atoms with van der Waals surface area (Å²) in [7, 11) is -0.158. The zero-order chi connectivity index (χ0) is 15.2. The van der Waals surface area contributed by atoms with E-state index >= 15 is 0 Å². The minimum Gasteiger partial charge on any atom is -0.395 e. The number of hydrogen-bond acceptors (Lipinski definition) is 4. The average molecular weight is 317 g/mol. The van der Waals surface area contributed by atoms with Crippen LogP contribution in [0, 0.1) is 11.8 Å². The van der Waals surface area contributed by atoms with Crippen molar-refractivity contribution < 1.29 is 13.5 Å². The van der Waals surface area contributed by atoms with Gasteiger partial charge in [-0.1, -0.05) is 6.42 Å². The van der Waals surface area contributed by atoms with Gasteiger partial charge < -0.3 is 5.11 Å². The maximum absolute atomic E-state index is 12.4. The Kier molecular flexibility index (Phi) is 4.31. The van der Waals surface area contributed by atoms with Crippen molar-refractivity contribution in [2.75, 3.05) is 40.3 Å². The van der Waals surface area contributed by atoms with Crippen molar-refractivity contribution in [1.82, 2.24) is 13.5 Å². The predicted molar refractivity (Wildman–Crippen MR) is 81.0 cm³/mol. The zero-order valence-electron chi connectivity index (χ0n) is 13.0. The first-order chi connectivity index (χ1) is 9.95. The lowest BCUT2D eigenvalue weighted by Gasteiger charge is -2.56. The summed E-state index contributed by atoms with van der Waals surface area (Å²) in [6.45, 7) is 2.38. The Morgan fingerprint density at radius 3 is 2.57 bits per heavy atom. The minimum atomic E-state index is -3.34. The highest BCUT2D eigenvalue weighted by atomic mass is 32.2. The van der Waals surface area contributed by atoms with Gasteiger partial charge in [-0.05, 0) is 37.6 Å². The topological polar surface area (TPSA) is 64.1 Å². The van der Waals surface area contributed by atoms with Gasteiger partial charge in [0.2, 0.25) is 0 Å². The molecule has 0 saturated carbocycles. The van der Waals surface area contributed by atoms with Crippen molar-refractivity contribution in [2.24, 2.45) is 11.8 Å². The molecule has 3 heterocycles. The molecular weight excluding hydrogens is 290 g/mol. The van der Waals surface area contributed by atoms with Crippen molar-refractivity contribution in [3.8, 4) is 0 Å². The van der Waals surface area contributed by atoms with Crippen molar-refractivity contribution in [3.63, 3.8) is 0 Å². The lowest BCUT2D eigenvalue weighted by Crippen LogP contribution is -2.65. The van der Waals surface area contributed by atoms with Crippen LogP contribution in [0.15, 0.2) is 0 Å². The van der Waals surface area contributed by atoms with Crippen molar-refractivity contribution in [2.45, 2.75) is 37.8 Å². The molecule has 7 heteroatoms. The number of nitrogens with zero attached hydrogens (tertiary/aromatic N) is 3. The monoisotopic (exact) mass is 317 g/mol. The van der Waals surface area contributed by atoms with Gasteiger partial charge >= 0.3 is 0 Å². The third-order valence-corrected chi connectivity index (χ3v) is 7.44. The third kappa shape index (κ3) is 2.63. The van der Waals surface area contributed by atoms with E-state index in [9.17, 15) is 13.5 Å². The molecule has 122 valence electrons. The van der Waals surface area contributed by atoms with Crippen LogP contribution in [0.25, 0.3) is 0 Å². The molecule has 1 N–H and O–H groups in total. The molecule has 3 saturated heterocycles. The molecule has 4 atom stereocenters. The highest BCUT2D eigenvalue weighted by Gasteiger charge is 2.49. The largest absolute Gasteiger partial charge is 0.395 e. The zero-order valence-corrected chi connectivity index (χ0v) is 13.8. The van der Waals surface area contributed by atoms with Crippen molar-refractivity contribution in [3.05, 3.63) is 0 Å². The fourth-order valence-electron chi connectivity index (χ4n) is 4.53. The van der Waals surface area contributed by atoms with Gasteiger partial charge in [-0.2, -0.15) is 17.0 Å². The van der Waals surface area contributed by atoms with Crippen LogP contribution in [0.3, 0.4) is 0 Å². The number of aliphatic hydroxyl groups is 1. The Morgan fingerprint density at radius 1 is 1.19 bits per heavy atom. The van der Waals surface area contributed by atoms with Gasteiger partial charge in [0.25, 0.3) is 10.2 Å². The van der Waals surface area contributed by atoms with Gasteiger partial charge in [0, 0.05) is 39.3 Å². The van der Waals surface area contributed by atoms with E-state index in [0.717, 1.165) is 19.4 Å². The van der Waals surface area contributed by atoms with Gasteiger partial charge in [-0.15, -0.1) is 0 Å². The lowest BCUT2D eigenvalue weighted by molar-refractivity contribution is -0.0725. The van der Waals surface area contributed by atoms with Crippen LogP contribution in [0.1, 0.15) is 25.7 Å². The van der Waals surface area contributed by atoms with E-state index in [2.05, 4.69) is 4.90 Å². The van der Waals surface area contributed by atoms with Crippen LogP contribution in [0.2, 0.25) is 0 Å². The molecule has 3 aliphatic heterocycles. The van der Waals surface area contributed by atoms with Crippen molar-refractivity contribution in [1.29, 1.82) is 0 Å². The summed E-state index contributed by atoms with van der Waals surface area (Å²) in [5.41, 5.74) is 0. The molecular formula is C14H27N3O3S. The first-order valence-corrected chi connectivity index (χ1v) is 9.39. The highest BCUT2D eigenvalue weighted by Crippen LogP contribution is 2.41. The van der Waals surface area contributed by atoms with Crippen LogP contribution in [0.4, 0.5) is 0 Å². The number of piperidine rings is 3. The number of rotatable bonds is 3. The van der Waals surface area contributed by atoms with E-state index in [1.54, 1.807) is 18.4 Å². The average Bonchev–Trinajstić information content (AvgIpc) is 2.47. The van der Waals surface area contributed by atoms with E-state index in [0.29, 0.717) is 25.0 Å². The molecule has 0 unspecified atom stereocenters. The summed E-state index contributed by atoms with van der Waals surface area (Å²) >= 11 is 0. The Labute approximate surface area is 127 Å². The van der Waals surface area contributed by atoms with E-state index in [4.69, 9.17) is 0 Å². The molecule has 0 aromatic carbocycles. The normalized spacial score (nSPS) is 38.5. The summed E-state index contributed by atoms with van der Waals surface area (Å²) in [6.07, 6.45) is 4.63. The van der Waals surface area contributed by atoms with Crippen LogP contribution < -0.4 is 0 Å². The Bertz CT molecular complexity index is 468. The van der Waals surface area contributed by atoms with Crippen LogP contribution in [-0.2, 0) is 10.2 Å². The van der Waals surface area contributed by atoms with E-state index in [1.807, 2.05) is 0 Å². The van der Waals surface area contributed by atoms with E-state index in [-0.39, 0.29) is 18.6 Å². The first-order valence-electron chi connectivity index (χ1n) is 7.99. The van der Waals surface area contributed by atoms with Crippen LogP contribution in [0.5, 0.6) is 0 Å². The molecule has 0 aromatic heterocycles. The Morgan fingerprint density at radius 2 is 1.90 bits per heavy atom. The summed E-state index contributed by atoms with van der Waals surface area (Å²) in [5, 5.41) is 9.82. The summed E-state index contributed by atoms with van der Waals surface area (Å²) in [5.74, 6) is 0.680. The lowest BCUT2D eigenvalue weighted by atomic mass is 9.73. The fraction of sp³-hybridized carbons (Fsp3) is 1.00. The minimum absolute atomic E-state index is 0.131. The molecule has 0 aliphatic carbocycles. The van der Waals surface area contributed by atoms with Crippen LogP contribution in [-0.4, -0.2) is 79.5 Å². The predicted octanol–water partition coefficient (Wildman–Crippen LogP) is -0.0401. The molecule has 6 nitrogen and oxygen atoms in total. The van der Waals surface area contributed by atoms with Gasteiger partial charge in [-0.3, -0.25) is 4.90 Å². The second-order valence-corrected chi connectivity index (χ2v) is 9.06. The van der Waals surface area contributed by atoms with Gasteiger partial charge in [0.05, 0.1) is 6.61 Å². The molecule has 0 amide bonds. The molecule has 3 aliphatic rings. The fourth-order valence-corrected chi connectivity index (χ4v) is 5.76. The summed E-state index contributed by atoms with van der Waals surface area (Å²) in [4.78, 5) is 2.47. The van der Waals surface area contributed by atoms with Gasteiger partial charge in [-0.25, -0.2) is 0 Å².